The summed E-state index contributed by atoms with van der Waals surface area (Å²) in [5.41, 5.74) is -0.747. The predicted octanol–water partition coefficient (Wildman–Crippen LogP) is 3.84. The maximum atomic E-state index is 14.2. The number of pyridine rings is 1. The van der Waals surface area contributed by atoms with Gasteiger partial charge in [0.25, 0.3) is 10.0 Å². The highest BCUT2D eigenvalue weighted by Crippen LogP contribution is 2.48. The molecule has 1 saturated heterocycles. The Morgan fingerprint density at radius 1 is 1.12 bits per heavy atom. The van der Waals surface area contributed by atoms with Crippen LogP contribution in [-0.4, -0.2) is 56.1 Å². The van der Waals surface area contributed by atoms with Crippen molar-refractivity contribution in [2.24, 2.45) is 18.4 Å². The lowest BCUT2D eigenvalue weighted by Crippen LogP contribution is -2.57. The zero-order chi connectivity index (χ0) is 29.2. The number of carbonyl (C=O) groups excluding carboxylic acids is 1. The van der Waals surface area contributed by atoms with Crippen molar-refractivity contribution in [3.8, 4) is 5.69 Å². The van der Waals surface area contributed by atoms with Crippen LogP contribution in [-0.2, 0) is 36.1 Å². The maximum Gasteiger partial charge on any atom is 0.416 e. The van der Waals surface area contributed by atoms with Gasteiger partial charge in [-0.2, -0.15) is 27.7 Å². The van der Waals surface area contributed by atoms with Gasteiger partial charge in [-0.1, -0.05) is 0 Å². The Balaban J connectivity index is 1.44. The van der Waals surface area contributed by atoms with Crippen LogP contribution in [0.2, 0.25) is 0 Å². The lowest BCUT2D eigenvalue weighted by Gasteiger charge is -2.48. The van der Waals surface area contributed by atoms with Gasteiger partial charge < -0.3 is 0 Å². The summed E-state index contributed by atoms with van der Waals surface area (Å²) < 4.78 is 85.4. The number of rotatable bonds is 5. The summed E-state index contributed by atoms with van der Waals surface area (Å²) in [6, 6.07) is 8.62. The molecule has 0 spiro atoms. The van der Waals surface area contributed by atoms with Crippen LogP contribution >= 0.6 is 0 Å². The topological polar surface area (TPSA) is 103 Å². The number of halogens is 4. The summed E-state index contributed by atoms with van der Waals surface area (Å²) >= 11 is 0. The van der Waals surface area contributed by atoms with Gasteiger partial charge in [-0.05, 0) is 73.2 Å². The highest BCUT2D eigenvalue weighted by molar-refractivity contribution is 7.89. The van der Waals surface area contributed by atoms with Crippen LogP contribution < -0.4 is 0 Å². The third kappa shape index (κ3) is 4.64. The first-order valence-electron chi connectivity index (χ1n) is 12.8. The van der Waals surface area contributed by atoms with Gasteiger partial charge in [0.2, 0.25) is 0 Å². The summed E-state index contributed by atoms with van der Waals surface area (Å²) in [5, 5.41) is 8.31. The first-order chi connectivity index (χ1) is 19.4. The molecular formula is C27H24F4N6O3S. The van der Waals surface area contributed by atoms with Crippen molar-refractivity contribution in [2.45, 2.75) is 30.5 Å². The van der Waals surface area contributed by atoms with Gasteiger partial charge >= 0.3 is 6.18 Å². The third-order valence-electron chi connectivity index (χ3n) is 8.00. The molecule has 2 aliphatic rings. The molecule has 41 heavy (non-hydrogen) atoms. The molecule has 1 aliphatic carbocycles. The molecule has 1 fully saturated rings. The van der Waals surface area contributed by atoms with E-state index in [0.717, 1.165) is 24.0 Å². The lowest BCUT2D eigenvalue weighted by molar-refractivity contribution is -0.137. The number of carbonyl (C=O) groups is 1. The smallest absolute Gasteiger partial charge is 0.292 e. The number of aryl methyl sites for hydroxylation is 1. The molecule has 4 aromatic rings. The van der Waals surface area contributed by atoms with Crippen LogP contribution in [0.25, 0.3) is 5.69 Å². The highest BCUT2D eigenvalue weighted by Gasteiger charge is 2.55. The van der Waals surface area contributed by atoms with Crippen molar-refractivity contribution in [1.29, 1.82) is 0 Å². The molecule has 0 saturated carbocycles. The largest absolute Gasteiger partial charge is 0.416 e. The minimum Gasteiger partial charge on any atom is -0.292 e. The molecule has 14 heteroatoms. The molecule has 2 atom stereocenters. The summed E-state index contributed by atoms with van der Waals surface area (Å²) in [6.45, 7) is -0.164. The van der Waals surface area contributed by atoms with Gasteiger partial charge in [0.1, 0.15) is 11.5 Å². The first-order valence-corrected chi connectivity index (χ1v) is 14.2. The van der Waals surface area contributed by atoms with Crippen molar-refractivity contribution in [3.63, 3.8) is 0 Å². The van der Waals surface area contributed by atoms with E-state index in [0.29, 0.717) is 17.7 Å². The molecule has 214 valence electrons. The van der Waals surface area contributed by atoms with Gasteiger partial charge in [-0.15, -0.1) is 0 Å². The molecule has 0 unspecified atom stereocenters. The van der Waals surface area contributed by atoms with Crippen molar-refractivity contribution in [3.05, 3.63) is 89.4 Å². The van der Waals surface area contributed by atoms with Gasteiger partial charge in [0.05, 0.1) is 22.9 Å². The first kappa shape index (κ1) is 27.3. The minimum atomic E-state index is -4.69. The van der Waals surface area contributed by atoms with Crippen LogP contribution in [0.1, 0.15) is 33.7 Å². The fourth-order valence-corrected chi connectivity index (χ4v) is 7.42. The number of aromatic nitrogens is 5. The van der Waals surface area contributed by atoms with Gasteiger partial charge in [0, 0.05) is 38.2 Å². The molecular weight excluding hydrogens is 564 g/mol. The molecule has 0 bridgehead atoms. The molecule has 4 heterocycles. The molecule has 3 aromatic heterocycles. The van der Waals surface area contributed by atoms with Crippen LogP contribution in [0.4, 0.5) is 17.6 Å². The number of sulfonamides is 1. The quantitative estimate of drug-likeness (QED) is 0.259. The van der Waals surface area contributed by atoms with E-state index in [1.54, 1.807) is 30.1 Å². The standard InChI is InChI=1S/C27H24F4N6O3S/c1-35-10-8-24(34-35)41(39,40)36-11-7-18-13-23-17(15-33-37(23)21-4-2-20(28)3-5-21)14-26(18,16-36)25(38)22-12-19(6-9-32-22)27(29,30)31/h2-6,8-10,12,15,18H,7,11,13-14,16H2,1H3/t18-,26-/m0/s1. The van der Waals surface area contributed by atoms with Gasteiger partial charge in [0.15, 0.2) is 10.8 Å². The van der Waals surface area contributed by atoms with Crippen molar-refractivity contribution in [2.75, 3.05) is 13.1 Å². The van der Waals surface area contributed by atoms with E-state index in [4.69, 9.17) is 0 Å². The van der Waals surface area contributed by atoms with Crippen LogP contribution in [0.5, 0.6) is 0 Å². The summed E-state index contributed by atoms with van der Waals surface area (Å²) in [6.07, 6.45) is -0.0713. The number of hydrogen-bond acceptors (Lipinski definition) is 6. The normalized spacial score (nSPS) is 21.3. The van der Waals surface area contributed by atoms with Crippen molar-refractivity contribution >= 4 is 15.8 Å². The number of hydrogen-bond donors (Lipinski definition) is 0. The SMILES string of the molecule is Cn1ccc(S(=O)(=O)N2CC[C@H]3Cc4c(cnn4-c4ccc(F)cc4)C[C@]3(C(=O)c3cc(C(F)(F)F)ccn3)C2)n1. The van der Waals surface area contributed by atoms with Crippen molar-refractivity contribution < 1.29 is 30.8 Å². The number of ketones is 1. The number of nitrogens with zero attached hydrogens (tertiary/aromatic N) is 6. The average Bonchev–Trinajstić information content (AvgIpc) is 3.57. The fourth-order valence-electron chi connectivity index (χ4n) is 5.94. The van der Waals surface area contributed by atoms with Crippen LogP contribution in [0, 0.1) is 17.2 Å². The number of piperidine rings is 1. The van der Waals surface area contributed by atoms with Crippen LogP contribution in [0.15, 0.2) is 66.1 Å². The fraction of sp³-hybridized carbons (Fsp3) is 0.333. The Labute approximate surface area is 232 Å². The minimum absolute atomic E-state index is 0.0409. The predicted molar refractivity (Wildman–Crippen MR) is 137 cm³/mol. The van der Waals surface area contributed by atoms with E-state index in [1.165, 1.54) is 33.4 Å². The Bertz CT molecular complexity index is 1750. The Morgan fingerprint density at radius 2 is 1.88 bits per heavy atom. The Morgan fingerprint density at radius 3 is 2.56 bits per heavy atom. The van der Waals surface area contributed by atoms with E-state index in [9.17, 15) is 30.8 Å². The summed E-state index contributed by atoms with van der Waals surface area (Å²) in [4.78, 5) is 18.2. The molecule has 0 N–H and O–H groups in total. The van der Waals surface area contributed by atoms with E-state index >= 15 is 0 Å². The zero-order valence-corrected chi connectivity index (χ0v) is 22.5. The second-order valence-corrected chi connectivity index (χ2v) is 12.3. The highest BCUT2D eigenvalue weighted by atomic mass is 32.2. The average molecular weight is 589 g/mol. The van der Waals surface area contributed by atoms with E-state index in [2.05, 4.69) is 15.2 Å². The monoisotopic (exact) mass is 588 g/mol. The molecule has 0 radical (unpaired) electrons. The van der Waals surface area contributed by atoms with E-state index < -0.39 is 44.7 Å². The third-order valence-corrected chi connectivity index (χ3v) is 9.74. The van der Waals surface area contributed by atoms with Crippen molar-refractivity contribution in [1.82, 2.24) is 28.9 Å². The number of benzene rings is 1. The molecule has 6 rings (SSSR count). The second kappa shape index (κ2) is 9.58. The molecule has 0 amide bonds. The Kier molecular flexibility index (Phi) is 6.37. The number of fused-ring (bicyclic) bond motifs is 2. The summed E-state index contributed by atoms with van der Waals surface area (Å²) in [7, 11) is -2.52. The Hall–Kier alpha value is -3.91. The van der Waals surface area contributed by atoms with E-state index in [1.807, 2.05) is 0 Å². The molecule has 1 aliphatic heterocycles. The lowest BCUT2D eigenvalue weighted by atomic mass is 9.60. The van der Waals surface area contributed by atoms with E-state index in [-0.39, 0.29) is 36.7 Å². The maximum absolute atomic E-state index is 14.2. The number of alkyl halides is 3. The molecule has 1 aromatic carbocycles. The van der Waals surface area contributed by atoms with Gasteiger partial charge in [-0.25, -0.2) is 17.5 Å². The molecule has 9 nitrogen and oxygen atoms in total. The number of Topliss-reactive ketones (excluding diaryl/α,β-unsaturated/α-hetero) is 1. The van der Waals surface area contributed by atoms with Crippen LogP contribution in [0.3, 0.4) is 0 Å². The zero-order valence-electron chi connectivity index (χ0n) is 21.7. The summed E-state index contributed by atoms with van der Waals surface area (Å²) in [5.74, 6) is -1.49. The second-order valence-electron chi connectivity index (χ2n) is 10.5. The van der Waals surface area contributed by atoms with Gasteiger partial charge in [-0.3, -0.25) is 14.5 Å².